The lowest BCUT2D eigenvalue weighted by molar-refractivity contribution is -0.126. The van der Waals surface area contributed by atoms with E-state index in [1.165, 1.54) is 0 Å². The van der Waals surface area contributed by atoms with Gasteiger partial charge in [-0.05, 0) is 46.7 Å². The minimum Gasteiger partial charge on any atom is -0.352 e. The number of hydrogen-bond donors (Lipinski definition) is 2. The molecule has 0 aromatic heterocycles. The molecule has 0 aromatic rings. The van der Waals surface area contributed by atoms with Gasteiger partial charge in [0.2, 0.25) is 11.8 Å². The number of likely N-dealkylation sites (tertiary alicyclic amines) is 1. The fraction of sp³-hybridized carbons (Fsp3) is 0.882. The highest BCUT2D eigenvalue weighted by molar-refractivity contribution is 5.81. The van der Waals surface area contributed by atoms with Gasteiger partial charge in [-0.25, -0.2) is 0 Å². The highest BCUT2D eigenvalue weighted by Gasteiger charge is 2.21. The van der Waals surface area contributed by atoms with E-state index in [2.05, 4.69) is 22.5 Å². The molecule has 134 valence electrons. The summed E-state index contributed by atoms with van der Waals surface area (Å²) in [7, 11) is 0. The minimum atomic E-state index is -0.244. The summed E-state index contributed by atoms with van der Waals surface area (Å²) in [5.74, 6) is -0.0197. The summed E-state index contributed by atoms with van der Waals surface area (Å²) >= 11 is 0. The number of carbonyl (C=O) groups is 2. The fourth-order valence-electron chi connectivity index (χ4n) is 2.81. The molecule has 6 nitrogen and oxygen atoms in total. The lowest BCUT2D eigenvalue weighted by Gasteiger charge is -2.32. The van der Waals surface area contributed by atoms with Crippen molar-refractivity contribution in [2.45, 2.75) is 59.0 Å². The number of piperidine rings is 1. The van der Waals surface area contributed by atoms with E-state index in [1.807, 2.05) is 32.6 Å². The Morgan fingerprint density at radius 1 is 1.09 bits per heavy atom. The summed E-state index contributed by atoms with van der Waals surface area (Å²) in [5.41, 5.74) is -0.244. The molecule has 1 aliphatic rings. The molecular formula is C17H34N4O2. The van der Waals surface area contributed by atoms with Gasteiger partial charge < -0.3 is 15.5 Å². The van der Waals surface area contributed by atoms with Crippen molar-refractivity contribution in [3.05, 3.63) is 0 Å². The fourth-order valence-corrected chi connectivity index (χ4v) is 2.81. The molecule has 0 saturated carbocycles. The summed E-state index contributed by atoms with van der Waals surface area (Å²) in [4.78, 5) is 28.5. The molecule has 0 unspecified atom stereocenters. The van der Waals surface area contributed by atoms with E-state index >= 15 is 0 Å². The van der Waals surface area contributed by atoms with Gasteiger partial charge in [-0.15, -0.1) is 0 Å². The van der Waals surface area contributed by atoms with Gasteiger partial charge in [0.15, 0.2) is 0 Å². The Balaban J connectivity index is 2.34. The van der Waals surface area contributed by atoms with Crippen LogP contribution in [0, 0.1) is 0 Å². The van der Waals surface area contributed by atoms with Gasteiger partial charge in [0.1, 0.15) is 0 Å². The van der Waals surface area contributed by atoms with E-state index in [4.69, 9.17) is 0 Å². The Kier molecular flexibility index (Phi) is 7.99. The van der Waals surface area contributed by atoms with Gasteiger partial charge in [0, 0.05) is 24.7 Å². The first kappa shape index (κ1) is 19.9. The van der Waals surface area contributed by atoms with Crippen LogP contribution in [0.5, 0.6) is 0 Å². The number of likely N-dealkylation sites (N-methyl/N-ethyl adjacent to an activating group) is 1. The van der Waals surface area contributed by atoms with Crippen LogP contribution in [-0.2, 0) is 9.59 Å². The van der Waals surface area contributed by atoms with Crippen molar-refractivity contribution in [3.8, 4) is 0 Å². The van der Waals surface area contributed by atoms with Gasteiger partial charge in [-0.1, -0.05) is 13.8 Å². The van der Waals surface area contributed by atoms with Crippen LogP contribution in [0.15, 0.2) is 0 Å². The van der Waals surface area contributed by atoms with Crippen LogP contribution in [0.1, 0.15) is 47.5 Å². The summed E-state index contributed by atoms with van der Waals surface area (Å²) in [6.07, 6.45) is 2.02. The first-order valence-electron chi connectivity index (χ1n) is 8.78. The zero-order valence-electron chi connectivity index (χ0n) is 15.4. The standard InChI is InChI=1S/C17H34N4O2/c1-6-20-10-8-14(9-11-20)18-15(22)12-21(7-2)13-16(23)19-17(3,4)5/h14H,6-13H2,1-5H3,(H,18,22)(H,19,23). The molecule has 0 spiro atoms. The Morgan fingerprint density at radius 3 is 2.13 bits per heavy atom. The topological polar surface area (TPSA) is 64.7 Å². The smallest absolute Gasteiger partial charge is 0.234 e. The SMILES string of the molecule is CCN1CCC(NC(=O)CN(CC)CC(=O)NC(C)(C)C)CC1. The van der Waals surface area contributed by atoms with Crippen LogP contribution >= 0.6 is 0 Å². The maximum absolute atomic E-state index is 12.2. The monoisotopic (exact) mass is 326 g/mol. The number of hydrogen-bond acceptors (Lipinski definition) is 4. The number of nitrogens with zero attached hydrogens (tertiary/aromatic N) is 2. The normalized spacial score (nSPS) is 17.3. The average Bonchev–Trinajstić information content (AvgIpc) is 2.45. The van der Waals surface area contributed by atoms with Crippen LogP contribution in [0.25, 0.3) is 0 Å². The third kappa shape index (κ3) is 8.32. The van der Waals surface area contributed by atoms with E-state index in [1.54, 1.807) is 0 Å². The third-order valence-corrected chi connectivity index (χ3v) is 4.10. The average molecular weight is 326 g/mol. The zero-order valence-corrected chi connectivity index (χ0v) is 15.4. The molecular weight excluding hydrogens is 292 g/mol. The Morgan fingerprint density at radius 2 is 1.65 bits per heavy atom. The molecule has 1 rings (SSSR count). The first-order chi connectivity index (χ1) is 10.7. The molecule has 1 saturated heterocycles. The van der Waals surface area contributed by atoms with Gasteiger partial charge in [-0.3, -0.25) is 14.5 Å². The van der Waals surface area contributed by atoms with Crippen molar-refractivity contribution in [1.29, 1.82) is 0 Å². The second kappa shape index (κ2) is 9.23. The summed E-state index contributed by atoms with van der Waals surface area (Å²) < 4.78 is 0. The van der Waals surface area contributed by atoms with Gasteiger partial charge >= 0.3 is 0 Å². The second-order valence-corrected chi connectivity index (χ2v) is 7.38. The van der Waals surface area contributed by atoms with Crippen molar-refractivity contribution in [2.24, 2.45) is 0 Å². The lowest BCUT2D eigenvalue weighted by atomic mass is 10.1. The minimum absolute atomic E-state index is 0.0188. The molecule has 2 amide bonds. The molecule has 0 bridgehead atoms. The molecule has 1 aliphatic heterocycles. The van der Waals surface area contributed by atoms with Crippen molar-refractivity contribution in [1.82, 2.24) is 20.4 Å². The van der Waals surface area contributed by atoms with Crippen molar-refractivity contribution in [2.75, 3.05) is 39.3 Å². The third-order valence-electron chi connectivity index (χ3n) is 4.10. The molecule has 2 N–H and O–H groups in total. The summed E-state index contributed by atoms with van der Waals surface area (Å²) in [6.45, 7) is 14.4. The maximum atomic E-state index is 12.2. The summed E-state index contributed by atoms with van der Waals surface area (Å²) in [6, 6.07) is 0.271. The summed E-state index contributed by atoms with van der Waals surface area (Å²) in [5, 5.41) is 6.04. The van der Waals surface area contributed by atoms with Crippen LogP contribution in [-0.4, -0.2) is 72.5 Å². The highest BCUT2D eigenvalue weighted by atomic mass is 16.2. The number of carbonyl (C=O) groups excluding carboxylic acids is 2. The van der Waals surface area contributed by atoms with E-state index in [-0.39, 0.29) is 36.5 Å². The molecule has 0 aliphatic carbocycles. The molecule has 0 aromatic carbocycles. The van der Waals surface area contributed by atoms with Crippen molar-refractivity contribution >= 4 is 11.8 Å². The number of rotatable bonds is 7. The highest BCUT2D eigenvalue weighted by Crippen LogP contribution is 2.09. The van der Waals surface area contributed by atoms with E-state index < -0.39 is 0 Å². The van der Waals surface area contributed by atoms with Gasteiger partial charge in [0.25, 0.3) is 0 Å². The van der Waals surface area contributed by atoms with Crippen LogP contribution < -0.4 is 10.6 Å². The largest absolute Gasteiger partial charge is 0.352 e. The Hall–Kier alpha value is -1.14. The number of nitrogens with one attached hydrogen (secondary N) is 2. The predicted octanol–water partition coefficient (Wildman–Crippen LogP) is 0.824. The van der Waals surface area contributed by atoms with Crippen LogP contribution in [0.4, 0.5) is 0 Å². The molecule has 1 heterocycles. The molecule has 0 radical (unpaired) electrons. The first-order valence-corrected chi connectivity index (χ1v) is 8.78. The van der Waals surface area contributed by atoms with Crippen LogP contribution in [0.3, 0.4) is 0 Å². The molecule has 23 heavy (non-hydrogen) atoms. The van der Waals surface area contributed by atoms with Crippen molar-refractivity contribution in [3.63, 3.8) is 0 Å². The quantitative estimate of drug-likeness (QED) is 0.727. The van der Waals surface area contributed by atoms with Gasteiger partial charge in [0.05, 0.1) is 13.1 Å². The zero-order chi connectivity index (χ0) is 17.5. The van der Waals surface area contributed by atoms with E-state index in [9.17, 15) is 9.59 Å². The molecule has 0 atom stereocenters. The maximum Gasteiger partial charge on any atom is 0.234 e. The Bertz CT molecular complexity index is 385. The van der Waals surface area contributed by atoms with E-state index in [0.29, 0.717) is 6.54 Å². The number of amides is 2. The second-order valence-electron chi connectivity index (χ2n) is 7.38. The van der Waals surface area contributed by atoms with Crippen LogP contribution in [0.2, 0.25) is 0 Å². The Labute approximate surface area is 141 Å². The van der Waals surface area contributed by atoms with E-state index in [0.717, 1.165) is 32.5 Å². The lowest BCUT2D eigenvalue weighted by Crippen LogP contribution is -2.50. The predicted molar refractivity (Wildman–Crippen MR) is 93.3 cm³/mol. The molecule has 1 fully saturated rings. The molecule has 6 heteroatoms. The van der Waals surface area contributed by atoms with Gasteiger partial charge in [-0.2, -0.15) is 0 Å². The van der Waals surface area contributed by atoms with Crippen molar-refractivity contribution < 1.29 is 9.59 Å².